The van der Waals surface area contributed by atoms with Gasteiger partial charge in [-0.2, -0.15) is 0 Å². The number of amides is 2. The number of likely N-dealkylation sites (tertiary alicyclic amines) is 1. The summed E-state index contributed by atoms with van der Waals surface area (Å²) < 4.78 is 35.4. The van der Waals surface area contributed by atoms with Gasteiger partial charge in [-0.1, -0.05) is 38.8 Å². The summed E-state index contributed by atoms with van der Waals surface area (Å²) in [6.07, 6.45) is 8.00. The van der Waals surface area contributed by atoms with Crippen LogP contribution in [0, 0.1) is 11.6 Å². The highest BCUT2D eigenvalue weighted by molar-refractivity contribution is 5.75. The third-order valence-corrected chi connectivity index (χ3v) is 10.7. The first-order valence-electron chi connectivity index (χ1n) is 17.2. The number of aromatic nitrogens is 1. The van der Waals surface area contributed by atoms with Crippen molar-refractivity contribution in [3.63, 3.8) is 0 Å². The van der Waals surface area contributed by atoms with Gasteiger partial charge in [0.05, 0.1) is 18.3 Å². The zero-order valence-electron chi connectivity index (χ0n) is 27.4. The van der Waals surface area contributed by atoms with Gasteiger partial charge in [-0.15, -0.1) is 0 Å². The molecule has 0 radical (unpaired) electrons. The molecule has 7 rings (SSSR count). The van der Waals surface area contributed by atoms with E-state index in [4.69, 9.17) is 4.74 Å². The SMILES string of the molecule is CC(C)N[C@@H]1CCN(C(=O)N2CCN(Cc3c[nH]c(-c4cccc5c4OCC5)cc3=O)C3(CCCC3)C2)[C@H](c2cc(F)ccc2F)C1. The van der Waals surface area contributed by atoms with Crippen molar-refractivity contribution < 1.29 is 18.3 Å². The largest absolute Gasteiger partial charge is 0.492 e. The molecule has 1 saturated carbocycles. The molecule has 3 aromatic rings. The lowest BCUT2D eigenvalue weighted by Crippen LogP contribution is -2.64. The Morgan fingerprint density at radius 3 is 2.72 bits per heavy atom. The fourth-order valence-electron chi connectivity index (χ4n) is 8.41. The van der Waals surface area contributed by atoms with Crippen LogP contribution in [0.25, 0.3) is 11.3 Å². The third-order valence-electron chi connectivity index (χ3n) is 10.7. The van der Waals surface area contributed by atoms with Gasteiger partial charge in [0, 0.05) is 85.7 Å². The van der Waals surface area contributed by atoms with Crippen LogP contribution in [0.4, 0.5) is 13.6 Å². The van der Waals surface area contributed by atoms with E-state index in [1.54, 1.807) is 11.0 Å². The van der Waals surface area contributed by atoms with E-state index in [1.807, 2.05) is 23.2 Å². The zero-order valence-corrected chi connectivity index (χ0v) is 27.4. The number of hydrogen-bond donors (Lipinski definition) is 2. The number of hydrogen-bond acceptors (Lipinski definition) is 5. The lowest BCUT2D eigenvalue weighted by molar-refractivity contribution is -0.00256. The number of nitrogens with one attached hydrogen (secondary N) is 2. The predicted molar refractivity (Wildman–Crippen MR) is 177 cm³/mol. The second-order valence-electron chi connectivity index (χ2n) is 14.1. The van der Waals surface area contributed by atoms with Gasteiger partial charge in [0.15, 0.2) is 5.43 Å². The molecule has 0 unspecified atom stereocenters. The summed E-state index contributed by atoms with van der Waals surface area (Å²) in [6.45, 7) is 7.46. The minimum absolute atomic E-state index is 0.0150. The highest BCUT2D eigenvalue weighted by atomic mass is 19.1. The Morgan fingerprint density at radius 1 is 1.11 bits per heavy atom. The number of rotatable bonds is 6. The number of carbonyl (C=O) groups is 1. The Bertz CT molecular complexity index is 1690. The van der Waals surface area contributed by atoms with Crippen LogP contribution < -0.4 is 15.5 Å². The van der Waals surface area contributed by atoms with E-state index < -0.39 is 17.7 Å². The van der Waals surface area contributed by atoms with E-state index in [-0.39, 0.29) is 34.6 Å². The molecule has 8 nitrogen and oxygen atoms in total. The molecule has 47 heavy (non-hydrogen) atoms. The number of halogens is 2. The molecule has 250 valence electrons. The summed E-state index contributed by atoms with van der Waals surface area (Å²) in [4.78, 5) is 37.2. The van der Waals surface area contributed by atoms with Crippen LogP contribution in [-0.4, -0.2) is 76.1 Å². The Hall–Kier alpha value is -3.76. The molecule has 1 spiro atoms. The molecule has 0 bridgehead atoms. The number of para-hydroxylation sites is 1. The van der Waals surface area contributed by atoms with Crippen molar-refractivity contribution >= 4 is 6.03 Å². The second kappa shape index (κ2) is 13.0. The molecule has 10 heteroatoms. The summed E-state index contributed by atoms with van der Waals surface area (Å²) in [5.41, 5.74) is 3.51. The molecule has 4 aliphatic rings. The number of nitrogens with zero attached hydrogens (tertiary/aromatic N) is 3. The third kappa shape index (κ3) is 6.29. The molecular weight excluding hydrogens is 600 g/mol. The standard InChI is InChI=1S/C37H45F2N5O3/c1-24(2)41-28-10-14-44(33(19-28)30-18-27(38)8-9-31(30)39)36(46)42-15-16-43(37(23-42)12-3-4-13-37)22-26-21-40-32(20-34(26)45)29-7-5-6-25-11-17-47-35(25)29/h5-9,18,20-21,24,28,33,41H,3-4,10-17,19,22-23H2,1-2H3,(H,40,45)/t28-,33+/m1/s1. The molecule has 2 aromatic carbocycles. The van der Waals surface area contributed by atoms with Gasteiger partial charge in [-0.3, -0.25) is 9.69 Å². The van der Waals surface area contributed by atoms with Crippen molar-refractivity contribution in [3.8, 4) is 17.0 Å². The molecule has 3 fully saturated rings. The molecular formula is C37H45F2N5O3. The second-order valence-corrected chi connectivity index (χ2v) is 14.1. The number of pyridine rings is 1. The minimum Gasteiger partial charge on any atom is -0.492 e. The number of aromatic amines is 1. The van der Waals surface area contributed by atoms with E-state index in [9.17, 15) is 14.0 Å². The molecule has 2 amide bonds. The quantitative estimate of drug-likeness (QED) is 0.344. The number of urea groups is 1. The monoisotopic (exact) mass is 645 g/mol. The van der Waals surface area contributed by atoms with Crippen LogP contribution in [0.1, 0.15) is 75.1 Å². The van der Waals surface area contributed by atoms with Gasteiger partial charge < -0.3 is 24.8 Å². The number of ether oxygens (including phenoxy) is 1. The van der Waals surface area contributed by atoms with E-state index in [0.717, 1.165) is 73.2 Å². The number of fused-ring (bicyclic) bond motifs is 1. The molecule has 3 aliphatic heterocycles. The lowest BCUT2D eigenvalue weighted by atomic mass is 9.89. The number of carbonyl (C=O) groups excluding carboxylic acids is 1. The minimum atomic E-state index is -0.561. The van der Waals surface area contributed by atoms with E-state index in [0.29, 0.717) is 51.3 Å². The molecule has 2 saturated heterocycles. The Balaban J connectivity index is 1.10. The summed E-state index contributed by atoms with van der Waals surface area (Å²) >= 11 is 0. The van der Waals surface area contributed by atoms with Crippen LogP contribution in [-0.2, 0) is 13.0 Å². The summed E-state index contributed by atoms with van der Waals surface area (Å²) in [5, 5.41) is 3.54. The van der Waals surface area contributed by atoms with Gasteiger partial charge in [0.2, 0.25) is 0 Å². The highest BCUT2D eigenvalue weighted by Gasteiger charge is 2.46. The molecule has 2 atom stereocenters. The van der Waals surface area contributed by atoms with Crippen LogP contribution in [0.5, 0.6) is 5.75 Å². The first-order chi connectivity index (χ1) is 22.7. The summed E-state index contributed by atoms with van der Waals surface area (Å²) in [6, 6.07) is 10.9. The van der Waals surface area contributed by atoms with E-state index in [2.05, 4.69) is 35.1 Å². The van der Waals surface area contributed by atoms with Gasteiger partial charge >= 0.3 is 6.03 Å². The van der Waals surface area contributed by atoms with Crippen molar-refractivity contribution in [1.82, 2.24) is 25.0 Å². The van der Waals surface area contributed by atoms with Gasteiger partial charge in [0.25, 0.3) is 0 Å². The smallest absolute Gasteiger partial charge is 0.320 e. The van der Waals surface area contributed by atoms with Crippen molar-refractivity contribution in [1.29, 1.82) is 0 Å². The average Bonchev–Trinajstić information content (AvgIpc) is 3.74. The number of H-pyrrole nitrogens is 1. The Morgan fingerprint density at radius 2 is 1.94 bits per heavy atom. The average molecular weight is 646 g/mol. The topological polar surface area (TPSA) is 80.9 Å². The van der Waals surface area contributed by atoms with Crippen LogP contribution in [0.15, 0.2) is 53.5 Å². The van der Waals surface area contributed by atoms with Crippen molar-refractivity contribution in [2.45, 2.75) is 89.0 Å². The number of piperidine rings is 1. The fraction of sp³-hybridized carbons (Fsp3) is 0.514. The van der Waals surface area contributed by atoms with Crippen LogP contribution in [0.3, 0.4) is 0 Å². The number of benzene rings is 2. The van der Waals surface area contributed by atoms with Gasteiger partial charge in [-0.25, -0.2) is 13.6 Å². The highest BCUT2D eigenvalue weighted by Crippen LogP contribution is 2.41. The first-order valence-corrected chi connectivity index (χ1v) is 17.2. The number of piperazine rings is 1. The zero-order chi connectivity index (χ0) is 32.7. The van der Waals surface area contributed by atoms with Crippen LogP contribution in [0.2, 0.25) is 0 Å². The summed E-state index contributed by atoms with van der Waals surface area (Å²) in [5.74, 6) is -0.142. The molecule has 1 aromatic heterocycles. The molecule has 4 heterocycles. The van der Waals surface area contributed by atoms with Crippen LogP contribution >= 0.6 is 0 Å². The Kier molecular flexibility index (Phi) is 8.82. The van der Waals surface area contributed by atoms with Gasteiger partial charge in [0.1, 0.15) is 17.4 Å². The summed E-state index contributed by atoms with van der Waals surface area (Å²) in [7, 11) is 0. The maximum absolute atomic E-state index is 15.2. The van der Waals surface area contributed by atoms with Gasteiger partial charge in [-0.05, 0) is 55.5 Å². The Labute approximate surface area is 275 Å². The van der Waals surface area contributed by atoms with Crippen molar-refractivity contribution in [2.24, 2.45) is 0 Å². The fourth-order valence-corrected chi connectivity index (χ4v) is 8.41. The molecule has 2 N–H and O–H groups in total. The maximum atomic E-state index is 15.2. The predicted octanol–water partition coefficient (Wildman–Crippen LogP) is 6.01. The first kappa shape index (κ1) is 31.8. The van der Waals surface area contributed by atoms with E-state index in [1.165, 1.54) is 6.07 Å². The van der Waals surface area contributed by atoms with Crippen molar-refractivity contribution in [2.75, 3.05) is 32.8 Å². The normalized spacial score (nSPS) is 22.6. The maximum Gasteiger partial charge on any atom is 0.320 e. The van der Waals surface area contributed by atoms with Crippen molar-refractivity contribution in [3.05, 3.63) is 87.2 Å². The lowest BCUT2D eigenvalue weighted by Gasteiger charge is -2.51. The van der Waals surface area contributed by atoms with E-state index >= 15 is 4.39 Å². The molecule has 1 aliphatic carbocycles.